The highest BCUT2D eigenvalue weighted by molar-refractivity contribution is 7.47. The number of aliphatic hydroxyl groups is 1. The minimum atomic E-state index is -4.80. The first-order valence-corrected chi connectivity index (χ1v) is 31.9. The zero-order valence-corrected chi connectivity index (χ0v) is 50.6. The van der Waals surface area contributed by atoms with Gasteiger partial charge in [0, 0.05) is 12.8 Å². The number of carbonyl (C=O) groups excluding carboxylic acids is 3. The lowest BCUT2D eigenvalue weighted by molar-refractivity contribution is -0.161. The summed E-state index contributed by atoms with van der Waals surface area (Å²) in [5, 5.41) is 9.81. The first-order chi connectivity index (χ1) is 39.2. The van der Waals surface area contributed by atoms with Crippen LogP contribution in [0.5, 0.6) is 0 Å². The number of phosphoric acid groups is 1. The predicted octanol–water partition coefficient (Wildman–Crippen LogP) is 18.5. The Morgan fingerprint density at radius 1 is 0.362 bits per heavy atom. The van der Waals surface area contributed by atoms with E-state index in [1.807, 2.05) is 18.2 Å². The van der Waals surface area contributed by atoms with Crippen LogP contribution in [0.1, 0.15) is 213 Å². The van der Waals surface area contributed by atoms with Gasteiger partial charge in [-0.3, -0.25) is 23.4 Å². The third kappa shape index (κ3) is 57.8. The summed E-state index contributed by atoms with van der Waals surface area (Å²) in [7, 11) is -4.80. The lowest BCUT2D eigenvalue weighted by Crippen LogP contribution is -2.30. The van der Waals surface area contributed by atoms with Gasteiger partial charge in [-0.05, 0) is 122 Å². The molecule has 2 N–H and O–H groups in total. The van der Waals surface area contributed by atoms with Gasteiger partial charge in [-0.15, -0.1) is 0 Å². The maximum atomic E-state index is 12.9. The molecule has 0 bridgehead atoms. The molecule has 0 saturated heterocycles. The molecule has 0 aliphatic heterocycles. The molecule has 11 nitrogen and oxygen atoms in total. The van der Waals surface area contributed by atoms with Crippen LogP contribution in [0.2, 0.25) is 0 Å². The Bertz CT molecular complexity index is 1950. The summed E-state index contributed by atoms with van der Waals surface area (Å²) in [6.45, 7) is 4.15. The first kappa shape index (κ1) is 75.1. The molecule has 0 radical (unpaired) electrons. The van der Waals surface area contributed by atoms with E-state index >= 15 is 0 Å². The fraction of sp³-hybridized carbons (Fsp3) is 0.574. The molecule has 0 aliphatic rings. The van der Waals surface area contributed by atoms with Crippen molar-refractivity contribution in [3.8, 4) is 0 Å². The standard InChI is InChI=1S/C68H107O11P/c1-4-7-10-13-16-19-22-25-28-30-32-34-37-39-42-45-48-51-54-57-66(70)75-61-65(79-68(72)59-56-53-50-47-44-41-38-35-33-31-29-26-23-20-17-14-11-8-5-2)63-77-80(73,74)76-62-64(60-69)78-67(71)58-55-52-49-46-43-40-36-27-24-21-18-15-12-9-6-3/h7-12,16-21,25-29,32-36,43,46,52,55,64-65,69H,4-6,13-15,22-24,30-31,37-42,44-45,47-51,53-54,56-63H2,1-3H3,(H,73,74)/b10-7-,11-8-,12-9-,19-16-,20-17-,21-18-,28-25-,29-26-,34-32-,35-33-,36-27-,46-43-,55-52-. The molecule has 0 amide bonds. The van der Waals surface area contributed by atoms with Crippen molar-refractivity contribution < 1.29 is 52.2 Å². The molecule has 450 valence electrons. The Hall–Kier alpha value is -4.90. The average Bonchev–Trinajstić information content (AvgIpc) is 3.45. The Kier molecular flexibility index (Phi) is 56.5. The number of unbranched alkanes of at least 4 members (excludes halogenated alkanes) is 12. The van der Waals surface area contributed by atoms with Crippen LogP contribution < -0.4 is 0 Å². The fourth-order valence-electron chi connectivity index (χ4n) is 7.47. The second-order valence-corrected chi connectivity index (χ2v) is 20.8. The molecule has 0 spiro atoms. The van der Waals surface area contributed by atoms with E-state index in [0.29, 0.717) is 19.3 Å². The molecule has 0 rings (SSSR count). The van der Waals surface area contributed by atoms with Crippen LogP contribution in [-0.2, 0) is 42.2 Å². The predicted molar refractivity (Wildman–Crippen MR) is 334 cm³/mol. The third-order valence-corrected chi connectivity index (χ3v) is 12.9. The zero-order valence-electron chi connectivity index (χ0n) is 49.7. The van der Waals surface area contributed by atoms with Crippen LogP contribution in [0, 0.1) is 0 Å². The van der Waals surface area contributed by atoms with E-state index in [1.165, 1.54) is 0 Å². The monoisotopic (exact) mass is 1130 g/mol. The van der Waals surface area contributed by atoms with Crippen molar-refractivity contribution in [3.63, 3.8) is 0 Å². The minimum Gasteiger partial charge on any atom is -0.462 e. The van der Waals surface area contributed by atoms with E-state index in [-0.39, 0.29) is 25.9 Å². The van der Waals surface area contributed by atoms with Crippen LogP contribution in [0.3, 0.4) is 0 Å². The number of hydrogen-bond acceptors (Lipinski definition) is 10. The molecule has 0 fully saturated rings. The molecule has 0 aromatic carbocycles. The number of aliphatic hydroxyl groups excluding tert-OH is 1. The average molecular weight is 1130 g/mol. The van der Waals surface area contributed by atoms with Gasteiger partial charge in [0.15, 0.2) is 6.10 Å². The van der Waals surface area contributed by atoms with Crippen molar-refractivity contribution in [3.05, 3.63) is 158 Å². The molecule has 0 saturated carbocycles. The molecule has 12 heteroatoms. The van der Waals surface area contributed by atoms with Crippen molar-refractivity contribution in [1.82, 2.24) is 0 Å². The van der Waals surface area contributed by atoms with Gasteiger partial charge in [-0.2, -0.15) is 0 Å². The van der Waals surface area contributed by atoms with Crippen LogP contribution >= 0.6 is 7.82 Å². The second-order valence-electron chi connectivity index (χ2n) is 19.4. The molecule has 3 atom stereocenters. The van der Waals surface area contributed by atoms with Crippen LogP contribution in [-0.4, -0.2) is 66.5 Å². The van der Waals surface area contributed by atoms with Gasteiger partial charge in [0.05, 0.1) is 26.2 Å². The normalized spacial score (nSPS) is 14.4. The smallest absolute Gasteiger partial charge is 0.462 e. The summed E-state index contributed by atoms with van der Waals surface area (Å²) in [6.07, 6.45) is 79.4. The Morgan fingerprint density at radius 3 is 1.04 bits per heavy atom. The highest BCUT2D eigenvalue weighted by Gasteiger charge is 2.28. The number of rotatable bonds is 54. The topological polar surface area (TPSA) is 155 Å². The van der Waals surface area contributed by atoms with Crippen LogP contribution in [0.15, 0.2) is 158 Å². The van der Waals surface area contributed by atoms with Gasteiger partial charge in [0.25, 0.3) is 0 Å². The van der Waals surface area contributed by atoms with Crippen molar-refractivity contribution in [1.29, 1.82) is 0 Å². The number of phosphoric ester groups is 1. The first-order valence-electron chi connectivity index (χ1n) is 30.4. The van der Waals surface area contributed by atoms with Crippen molar-refractivity contribution in [2.24, 2.45) is 0 Å². The quantitative estimate of drug-likeness (QED) is 0.0197. The number of ether oxygens (including phenoxy) is 3. The number of hydrogen-bond donors (Lipinski definition) is 2. The fourth-order valence-corrected chi connectivity index (χ4v) is 8.26. The summed E-state index contributed by atoms with van der Waals surface area (Å²) in [6, 6.07) is 0. The largest absolute Gasteiger partial charge is 0.472 e. The maximum absolute atomic E-state index is 12.9. The van der Waals surface area contributed by atoms with Gasteiger partial charge < -0.3 is 24.2 Å². The van der Waals surface area contributed by atoms with E-state index < -0.39 is 57.8 Å². The summed E-state index contributed by atoms with van der Waals surface area (Å²) in [5.74, 6) is -1.65. The second kappa shape index (κ2) is 60.2. The number of esters is 3. The van der Waals surface area contributed by atoms with Crippen molar-refractivity contribution >= 4 is 25.7 Å². The van der Waals surface area contributed by atoms with E-state index in [4.69, 9.17) is 23.3 Å². The molecular formula is C68H107O11P. The highest BCUT2D eigenvalue weighted by Crippen LogP contribution is 2.43. The molecular weight excluding hydrogens is 1020 g/mol. The van der Waals surface area contributed by atoms with Crippen LogP contribution in [0.4, 0.5) is 0 Å². The highest BCUT2D eigenvalue weighted by atomic mass is 31.2. The van der Waals surface area contributed by atoms with Gasteiger partial charge in [0.1, 0.15) is 12.7 Å². The minimum absolute atomic E-state index is 0.0654. The lowest BCUT2D eigenvalue weighted by Gasteiger charge is -2.21. The molecule has 0 aromatic rings. The van der Waals surface area contributed by atoms with Crippen LogP contribution in [0.25, 0.3) is 0 Å². The molecule has 3 unspecified atom stereocenters. The number of allylic oxidation sites excluding steroid dienone is 25. The van der Waals surface area contributed by atoms with Gasteiger partial charge >= 0.3 is 25.7 Å². The molecule has 0 aliphatic carbocycles. The summed E-state index contributed by atoms with van der Waals surface area (Å²) in [4.78, 5) is 48.6. The summed E-state index contributed by atoms with van der Waals surface area (Å²) in [5.41, 5.74) is 0. The van der Waals surface area contributed by atoms with E-state index in [2.05, 4.69) is 154 Å². The van der Waals surface area contributed by atoms with Crippen molar-refractivity contribution in [2.45, 2.75) is 226 Å². The lowest BCUT2D eigenvalue weighted by atomic mass is 10.1. The van der Waals surface area contributed by atoms with E-state index in [9.17, 15) is 28.9 Å². The summed E-state index contributed by atoms with van der Waals surface area (Å²) < 4.78 is 39.5. The van der Waals surface area contributed by atoms with E-state index in [0.717, 1.165) is 154 Å². The maximum Gasteiger partial charge on any atom is 0.472 e. The molecule has 80 heavy (non-hydrogen) atoms. The Morgan fingerprint density at radius 2 is 0.662 bits per heavy atom. The van der Waals surface area contributed by atoms with E-state index in [1.54, 1.807) is 6.08 Å². The SMILES string of the molecule is CC/C=C\C/C=C\C/C=C\C/C=C\C/C=C\CC(=O)OC(CO)COP(=O)(O)OCC(COC(=O)CCCCCCCC/C=C\C/C=C\C/C=C\C/C=C\CC)OC(=O)CCCCCCCC/C=C\C/C=C\C/C=C\C/C=C\CC. The number of carbonyl (C=O) groups is 3. The molecule has 0 aromatic heterocycles. The molecule has 0 heterocycles. The van der Waals surface area contributed by atoms with Gasteiger partial charge in [-0.1, -0.05) is 230 Å². The van der Waals surface area contributed by atoms with Gasteiger partial charge in [-0.25, -0.2) is 4.57 Å². The zero-order chi connectivity index (χ0) is 58.3. The van der Waals surface area contributed by atoms with Gasteiger partial charge in [0.2, 0.25) is 0 Å². The third-order valence-electron chi connectivity index (χ3n) is 12.0. The van der Waals surface area contributed by atoms with Crippen molar-refractivity contribution in [2.75, 3.05) is 26.4 Å². The Labute approximate surface area is 485 Å². The Balaban J connectivity index is 4.88. The summed E-state index contributed by atoms with van der Waals surface area (Å²) >= 11 is 0.